The fraction of sp³-hybridized carbons (Fsp3) is 1.00. The van der Waals surface area contributed by atoms with Gasteiger partial charge < -0.3 is 10.2 Å². The van der Waals surface area contributed by atoms with Gasteiger partial charge in [-0.1, -0.05) is 0 Å². The molecule has 3 heteroatoms. The Morgan fingerprint density at radius 3 is 2.00 bits per heavy atom. The van der Waals surface area contributed by atoms with E-state index in [1.165, 1.54) is 6.92 Å². The van der Waals surface area contributed by atoms with E-state index in [2.05, 4.69) is 0 Å². The van der Waals surface area contributed by atoms with Crippen LogP contribution in [0.4, 0.5) is 0 Å². The summed E-state index contributed by atoms with van der Waals surface area (Å²) in [5, 5.41) is 26.4. The maximum atomic E-state index is 9.66. The summed E-state index contributed by atoms with van der Waals surface area (Å²) >= 11 is 0. The van der Waals surface area contributed by atoms with Gasteiger partial charge in [-0.05, 0) is 6.92 Å². The van der Waals surface area contributed by atoms with Crippen LogP contribution < -0.4 is 0 Å². The lowest BCUT2D eigenvalue weighted by Crippen LogP contribution is -2.25. The summed E-state index contributed by atoms with van der Waals surface area (Å²) in [6.07, 6.45) is -1.99. The lowest BCUT2D eigenvalue weighted by Gasteiger charge is -2.06. The van der Waals surface area contributed by atoms with Gasteiger partial charge in [0, 0.05) is 0 Å². The van der Waals surface area contributed by atoms with E-state index in [4.69, 9.17) is 10.2 Å². The average Bonchev–Trinajstić information content (AvgIpc) is 1.65. The molecule has 0 aliphatic heterocycles. The van der Waals surface area contributed by atoms with Crippen LogP contribution in [0.2, 0.25) is 0 Å². The standard InChI is InChI=1S/C4H9O3/c1-3(6)4(7)2-5/h3-4,6-7H,2H2,1H3/t3?,4-/m1/s1. The molecule has 1 radical (unpaired) electrons. The molecule has 0 fully saturated rings. The third kappa shape index (κ3) is 2.56. The van der Waals surface area contributed by atoms with Gasteiger partial charge in [-0.2, -0.15) is 0 Å². The first-order valence-electron chi connectivity index (χ1n) is 2.12. The van der Waals surface area contributed by atoms with Crippen molar-refractivity contribution in [3.8, 4) is 0 Å². The molecule has 0 spiro atoms. The van der Waals surface area contributed by atoms with Crippen molar-refractivity contribution in [2.24, 2.45) is 0 Å². The molecule has 7 heavy (non-hydrogen) atoms. The third-order valence-electron chi connectivity index (χ3n) is 0.728. The van der Waals surface area contributed by atoms with Crippen LogP contribution in [0.3, 0.4) is 0 Å². The fourth-order valence-electron chi connectivity index (χ4n) is 0.139. The van der Waals surface area contributed by atoms with Crippen LogP contribution in [0.5, 0.6) is 0 Å². The molecular weight excluding hydrogens is 96.0 g/mol. The predicted molar refractivity (Wildman–Crippen MR) is 23.2 cm³/mol. The molecule has 0 aromatic rings. The lowest BCUT2D eigenvalue weighted by molar-refractivity contribution is -0.0237. The SMILES string of the molecule is CC(O)[C@H](O)C[O]. The number of hydrogen-bond donors (Lipinski definition) is 2. The minimum atomic E-state index is -1.10. The molecule has 2 atom stereocenters. The number of rotatable bonds is 2. The topological polar surface area (TPSA) is 60.4 Å². The third-order valence-corrected chi connectivity index (χ3v) is 0.728. The summed E-state index contributed by atoms with van der Waals surface area (Å²) in [4.78, 5) is 0. The van der Waals surface area contributed by atoms with Gasteiger partial charge in [-0.25, -0.2) is 5.11 Å². The number of hydrogen-bond acceptors (Lipinski definition) is 2. The Balaban J connectivity index is 3.14. The quantitative estimate of drug-likeness (QED) is 0.481. The highest BCUT2D eigenvalue weighted by Gasteiger charge is 2.07. The minimum Gasteiger partial charge on any atom is -0.391 e. The van der Waals surface area contributed by atoms with E-state index in [-0.39, 0.29) is 0 Å². The highest BCUT2D eigenvalue weighted by molar-refractivity contribution is 4.57. The maximum Gasteiger partial charge on any atom is 0.111 e. The summed E-state index contributed by atoms with van der Waals surface area (Å²) in [6, 6.07) is 0. The molecule has 0 saturated heterocycles. The molecule has 0 saturated carbocycles. The van der Waals surface area contributed by atoms with Crippen molar-refractivity contribution >= 4 is 0 Å². The van der Waals surface area contributed by atoms with Crippen LogP contribution in [0.1, 0.15) is 6.92 Å². The van der Waals surface area contributed by atoms with Crippen molar-refractivity contribution in [2.45, 2.75) is 19.1 Å². The van der Waals surface area contributed by atoms with Crippen molar-refractivity contribution in [3.63, 3.8) is 0 Å². The Morgan fingerprint density at radius 2 is 2.00 bits per heavy atom. The molecular formula is C4H9O3. The predicted octanol–water partition coefficient (Wildman–Crippen LogP) is -0.841. The molecule has 0 bridgehead atoms. The van der Waals surface area contributed by atoms with Gasteiger partial charge in [0.05, 0.1) is 6.10 Å². The maximum absolute atomic E-state index is 9.66. The van der Waals surface area contributed by atoms with Crippen molar-refractivity contribution < 1.29 is 15.3 Å². The Bertz CT molecular complexity index is 44.2. The zero-order valence-corrected chi connectivity index (χ0v) is 4.16. The summed E-state index contributed by atoms with van der Waals surface area (Å²) in [5.74, 6) is 0. The fourth-order valence-corrected chi connectivity index (χ4v) is 0.139. The van der Waals surface area contributed by atoms with E-state index in [1.54, 1.807) is 0 Å². The van der Waals surface area contributed by atoms with Crippen LogP contribution in [-0.4, -0.2) is 29.0 Å². The normalized spacial score (nSPS) is 18.9. The van der Waals surface area contributed by atoms with Gasteiger partial charge in [0.1, 0.15) is 12.7 Å². The first-order chi connectivity index (χ1) is 3.18. The van der Waals surface area contributed by atoms with Crippen molar-refractivity contribution in [3.05, 3.63) is 0 Å². The molecule has 0 aromatic heterocycles. The van der Waals surface area contributed by atoms with Crippen LogP contribution in [-0.2, 0) is 5.11 Å². The van der Waals surface area contributed by atoms with E-state index in [0.717, 1.165) is 0 Å². The molecule has 0 amide bonds. The second-order valence-electron chi connectivity index (χ2n) is 1.47. The Hall–Kier alpha value is -0.120. The molecule has 0 aromatic carbocycles. The van der Waals surface area contributed by atoms with Crippen LogP contribution in [0.15, 0.2) is 0 Å². The van der Waals surface area contributed by atoms with Crippen LogP contribution >= 0.6 is 0 Å². The van der Waals surface area contributed by atoms with Crippen molar-refractivity contribution in [1.29, 1.82) is 0 Å². The molecule has 0 rings (SSSR count). The second-order valence-corrected chi connectivity index (χ2v) is 1.47. The monoisotopic (exact) mass is 105 g/mol. The van der Waals surface area contributed by atoms with E-state index in [9.17, 15) is 5.11 Å². The zero-order chi connectivity index (χ0) is 5.86. The van der Waals surface area contributed by atoms with Gasteiger partial charge in [-0.3, -0.25) is 0 Å². The molecule has 1 unspecified atom stereocenters. The molecule has 2 N–H and O–H groups in total. The highest BCUT2D eigenvalue weighted by atomic mass is 16.4. The number of aliphatic hydroxyl groups is 2. The summed E-state index contributed by atoms with van der Waals surface area (Å²) < 4.78 is 0. The first-order valence-corrected chi connectivity index (χ1v) is 2.12. The minimum absolute atomic E-state index is 0.627. The van der Waals surface area contributed by atoms with Crippen molar-refractivity contribution in [1.82, 2.24) is 0 Å². The van der Waals surface area contributed by atoms with E-state index < -0.39 is 18.8 Å². The molecule has 0 aliphatic rings. The van der Waals surface area contributed by atoms with Crippen LogP contribution in [0, 0.1) is 0 Å². The van der Waals surface area contributed by atoms with E-state index in [1.807, 2.05) is 0 Å². The molecule has 43 valence electrons. The van der Waals surface area contributed by atoms with Gasteiger partial charge in [0.2, 0.25) is 0 Å². The molecule has 0 heterocycles. The van der Waals surface area contributed by atoms with Gasteiger partial charge in [0.15, 0.2) is 0 Å². The highest BCUT2D eigenvalue weighted by Crippen LogP contribution is 1.87. The average molecular weight is 105 g/mol. The Labute approximate surface area is 42.2 Å². The molecule has 3 nitrogen and oxygen atoms in total. The van der Waals surface area contributed by atoms with E-state index in [0.29, 0.717) is 0 Å². The lowest BCUT2D eigenvalue weighted by atomic mass is 10.2. The van der Waals surface area contributed by atoms with Gasteiger partial charge in [-0.15, -0.1) is 0 Å². The van der Waals surface area contributed by atoms with Crippen molar-refractivity contribution in [2.75, 3.05) is 6.61 Å². The van der Waals surface area contributed by atoms with Gasteiger partial charge in [0.25, 0.3) is 0 Å². The van der Waals surface area contributed by atoms with E-state index >= 15 is 0 Å². The zero-order valence-electron chi connectivity index (χ0n) is 4.16. The number of aliphatic hydroxyl groups excluding tert-OH is 2. The van der Waals surface area contributed by atoms with Gasteiger partial charge >= 0.3 is 0 Å². The molecule has 0 aliphatic carbocycles. The largest absolute Gasteiger partial charge is 0.391 e. The summed E-state index contributed by atoms with van der Waals surface area (Å²) in [7, 11) is 0. The Morgan fingerprint density at radius 1 is 1.57 bits per heavy atom. The van der Waals surface area contributed by atoms with Crippen LogP contribution in [0.25, 0.3) is 0 Å². The first kappa shape index (κ1) is 6.88. The smallest absolute Gasteiger partial charge is 0.111 e. The summed E-state index contributed by atoms with van der Waals surface area (Å²) in [5.41, 5.74) is 0. The second kappa shape index (κ2) is 2.96. The summed E-state index contributed by atoms with van der Waals surface area (Å²) in [6.45, 7) is 0.750. The Kier molecular flexibility index (Phi) is 2.91.